The van der Waals surface area contributed by atoms with Crippen LogP contribution < -0.4 is 5.32 Å². The van der Waals surface area contributed by atoms with Gasteiger partial charge in [-0.1, -0.05) is 60.1 Å². The number of carbonyl (C=O) groups is 1. The summed E-state index contributed by atoms with van der Waals surface area (Å²) in [6, 6.07) is 18.9. The van der Waals surface area contributed by atoms with Gasteiger partial charge in [0, 0.05) is 17.1 Å². The number of halogens is 1. The van der Waals surface area contributed by atoms with Gasteiger partial charge in [-0.2, -0.15) is 0 Å². The van der Waals surface area contributed by atoms with Crippen molar-refractivity contribution < 1.29 is 9.21 Å². The van der Waals surface area contributed by atoms with Crippen molar-refractivity contribution in [2.24, 2.45) is 0 Å². The highest BCUT2D eigenvalue weighted by atomic mass is 35.5. The van der Waals surface area contributed by atoms with Crippen LogP contribution in [0, 0.1) is 6.92 Å². The fourth-order valence-electron chi connectivity index (χ4n) is 2.36. The molecule has 0 radical (unpaired) electrons. The summed E-state index contributed by atoms with van der Waals surface area (Å²) in [5.74, 6) is 1.11. The van der Waals surface area contributed by atoms with E-state index in [9.17, 15) is 4.79 Å². The molecule has 2 aromatic carbocycles. The molecule has 0 saturated heterocycles. The summed E-state index contributed by atoms with van der Waals surface area (Å²) >= 11 is 6.10. The van der Waals surface area contributed by atoms with E-state index < -0.39 is 0 Å². The molecule has 23 heavy (non-hydrogen) atoms. The summed E-state index contributed by atoms with van der Waals surface area (Å²) in [6.07, 6.45) is 0. The zero-order valence-corrected chi connectivity index (χ0v) is 13.4. The van der Waals surface area contributed by atoms with Crippen LogP contribution in [0.25, 0.3) is 11.3 Å². The third-order valence-electron chi connectivity index (χ3n) is 3.62. The SMILES string of the molecule is Cc1oc(-c2ccccc2)cc1C(=O)NCc1ccccc1Cl. The van der Waals surface area contributed by atoms with E-state index in [1.807, 2.05) is 48.5 Å². The standard InChI is InChI=1S/C19H16ClNO2/c1-13-16(11-18(23-13)14-7-3-2-4-8-14)19(22)21-12-15-9-5-6-10-17(15)20/h2-11H,12H2,1H3,(H,21,22). The average Bonchev–Trinajstić information content (AvgIpc) is 2.97. The Morgan fingerprint density at radius 3 is 2.52 bits per heavy atom. The lowest BCUT2D eigenvalue weighted by molar-refractivity contribution is 0.0949. The average molecular weight is 326 g/mol. The molecule has 0 aliphatic heterocycles. The number of benzene rings is 2. The number of rotatable bonds is 4. The van der Waals surface area contributed by atoms with Gasteiger partial charge in [0.15, 0.2) is 0 Å². The Bertz CT molecular complexity index is 824. The van der Waals surface area contributed by atoms with E-state index >= 15 is 0 Å². The first-order valence-corrected chi connectivity index (χ1v) is 7.70. The Balaban J connectivity index is 1.75. The molecule has 3 nitrogen and oxygen atoms in total. The molecule has 116 valence electrons. The van der Waals surface area contributed by atoms with E-state index in [0.717, 1.165) is 11.1 Å². The van der Waals surface area contributed by atoms with Gasteiger partial charge in [0.1, 0.15) is 11.5 Å². The van der Waals surface area contributed by atoms with Crippen LogP contribution in [0.4, 0.5) is 0 Å². The van der Waals surface area contributed by atoms with Crippen molar-refractivity contribution in [1.29, 1.82) is 0 Å². The largest absolute Gasteiger partial charge is 0.461 e. The maximum Gasteiger partial charge on any atom is 0.255 e. The third-order valence-corrected chi connectivity index (χ3v) is 3.99. The molecular weight excluding hydrogens is 310 g/mol. The zero-order chi connectivity index (χ0) is 16.2. The number of amides is 1. The van der Waals surface area contributed by atoms with Crippen molar-refractivity contribution in [3.8, 4) is 11.3 Å². The van der Waals surface area contributed by atoms with Crippen LogP contribution in [0.5, 0.6) is 0 Å². The Morgan fingerprint density at radius 2 is 1.78 bits per heavy atom. The number of furan rings is 1. The highest BCUT2D eigenvalue weighted by Crippen LogP contribution is 2.25. The van der Waals surface area contributed by atoms with Crippen molar-refractivity contribution in [3.63, 3.8) is 0 Å². The molecule has 1 aromatic heterocycles. The lowest BCUT2D eigenvalue weighted by atomic mass is 10.1. The van der Waals surface area contributed by atoms with Crippen LogP contribution >= 0.6 is 11.6 Å². The Labute approximate surface area is 139 Å². The van der Waals surface area contributed by atoms with E-state index in [1.54, 1.807) is 19.1 Å². The van der Waals surface area contributed by atoms with Gasteiger partial charge in [0.25, 0.3) is 5.91 Å². The summed E-state index contributed by atoms with van der Waals surface area (Å²) in [7, 11) is 0. The van der Waals surface area contributed by atoms with Gasteiger partial charge in [-0.05, 0) is 24.6 Å². The smallest absolute Gasteiger partial charge is 0.255 e. The third kappa shape index (κ3) is 3.46. The molecule has 0 aliphatic rings. The predicted molar refractivity (Wildman–Crippen MR) is 91.5 cm³/mol. The predicted octanol–water partition coefficient (Wildman–Crippen LogP) is 4.84. The van der Waals surface area contributed by atoms with E-state index in [0.29, 0.717) is 28.7 Å². The van der Waals surface area contributed by atoms with Crippen LogP contribution in [0.1, 0.15) is 21.7 Å². The fourth-order valence-corrected chi connectivity index (χ4v) is 2.57. The van der Waals surface area contributed by atoms with Crippen LogP contribution in [-0.4, -0.2) is 5.91 Å². The lowest BCUT2D eigenvalue weighted by Crippen LogP contribution is -2.23. The normalized spacial score (nSPS) is 10.5. The molecule has 3 aromatic rings. The van der Waals surface area contributed by atoms with Crippen molar-refractivity contribution in [3.05, 3.63) is 82.6 Å². The van der Waals surface area contributed by atoms with Crippen LogP contribution in [0.15, 0.2) is 65.1 Å². The summed E-state index contributed by atoms with van der Waals surface area (Å²) < 4.78 is 5.71. The summed E-state index contributed by atoms with van der Waals surface area (Å²) in [6.45, 7) is 2.17. The van der Waals surface area contributed by atoms with Crippen molar-refractivity contribution in [1.82, 2.24) is 5.32 Å². The monoisotopic (exact) mass is 325 g/mol. The molecule has 0 saturated carbocycles. The highest BCUT2D eigenvalue weighted by molar-refractivity contribution is 6.31. The van der Waals surface area contributed by atoms with Crippen LogP contribution in [0.2, 0.25) is 5.02 Å². The number of hydrogen-bond acceptors (Lipinski definition) is 2. The van der Waals surface area contributed by atoms with Gasteiger partial charge in [0.2, 0.25) is 0 Å². The second kappa shape index (κ2) is 6.71. The molecule has 0 fully saturated rings. The first kappa shape index (κ1) is 15.4. The van der Waals surface area contributed by atoms with E-state index in [2.05, 4.69) is 5.32 Å². The first-order valence-electron chi connectivity index (χ1n) is 7.32. The van der Waals surface area contributed by atoms with E-state index in [-0.39, 0.29) is 5.91 Å². The van der Waals surface area contributed by atoms with Crippen molar-refractivity contribution in [2.75, 3.05) is 0 Å². The van der Waals surface area contributed by atoms with Gasteiger partial charge in [-0.3, -0.25) is 4.79 Å². The maximum absolute atomic E-state index is 12.4. The van der Waals surface area contributed by atoms with E-state index in [1.165, 1.54) is 0 Å². The molecule has 3 rings (SSSR count). The van der Waals surface area contributed by atoms with Gasteiger partial charge in [0.05, 0.1) is 5.56 Å². The molecule has 4 heteroatoms. The second-order valence-electron chi connectivity index (χ2n) is 5.22. The van der Waals surface area contributed by atoms with Gasteiger partial charge in [-0.15, -0.1) is 0 Å². The summed E-state index contributed by atoms with van der Waals surface area (Å²) in [5.41, 5.74) is 2.36. The van der Waals surface area contributed by atoms with Crippen molar-refractivity contribution in [2.45, 2.75) is 13.5 Å². The van der Waals surface area contributed by atoms with Crippen molar-refractivity contribution >= 4 is 17.5 Å². The Morgan fingerprint density at radius 1 is 1.09 bits per heavy atom. The molecule has 0 atom stereocenters. The Hall–Kier alpha value is -2.52. The number of hydrogen-bond donors (Lipinski definition) is 1. The highest BCUT2D eigenvalue weighted by Gasteiger charge is 2.16. The molecule has 0 spiro atoms. The lowest BCUT2D eigenvalue weighted by Gasteiger charge is -2.06. The quantitative estimate of drug-likeness (QED) is 0.746. The van der Waals surface area contributed by atoms with Crippen LogP contribution in [0.3, 0.4) is 0 Å². The molecule has 0 unspecified atom stereocenters. The van der Waals surface area contributed by atoms with Gasteiger partial charge in [-0.25, -0.2) is 0 Å². The number of nitrogens with one attached hydrogen (secondary N) is 1. The minimum atomic E-state index is -0.173. The molecule has 1 heterocycles. The maximum atomic E-state index is 12.4. The summed E-state index contributed by atoms with van der Waals surface area (Å²) in [4.78, 5) is 12.4. The Kier molecular flexibility index (Phi) is 4.49. The van der Waals surface area contributed by atoms with Gasteiger partial charge < -0.3 is 9.73 Å². The summed E-state index contributed by atoms with van der Waals surface area (Å²) in [5, 5.41) is 3.52. The minimum absolute atomic E-state index is 0.173. The molecule has 0 aliphatic carbocycles. The van der Waals surface area contributed by atoms with Gasteiger partial charge >= 0.3 is 0 Å². The molecule has 1 amide bonds. The molecule has 1 N–H and O–H groups in total. The van der Waals surface area contributed by atoms with Crippen LogP contribution in [-0.2, 0) is 6.54 Å². The zero-order valence-electron chi connectivity index (χ0n) is 12.7. The van der Waals surface area contributed by atoms with E-state index in [4.69, 9.17) is 16.0 Å². The topological polar surface area (TPSA) is 42.2 Å². The second-order valence-corrected chi connectivity index (χ2v) is 5.63. The fraction of sp³-hybridized carbons (Fsp3) is 0.105. The number of aryl methyl sites for hydroxylation is 1. The molecule has 0 bridgehead atoms. The number of carbonyl (C=O) groups excluding carboxylic acids is 1. The first-order chi connectivity index (χ1) is 11.1. The molecular formula is C19H16ClNO2. The minimum Gasteiger partial charge on any atom is -0.461 e.